The minimum absolute atomic E-state index is 0.266. The van der Waals surface area contributed by atoms with Gasteiger partial charge in [0.1, 0.15) is 5.82 Å². The van der Waals surface area contributed by atoms with Gasteiger partial charge < -0.3 is 16.0 Å². The Balaban J connectivity index is 1.72. The van der Waals surface area contributed by atoms with Crippen molar-refractivity contribution in [2.45, 2.75) is 19.8 Å². The second-order valence-corrected chi connectivity index (χ2v) is 7.77. The number of anilines is 1. The van der Waals surface area contributed by atoms with E-state index in [0.717, 1.165) is 53.3 Å². The number of rotatable bonds is 5. The maximum absolute atomic E-state index is 13.2. The molecule has 2 heterocycles. The second kappa shape index (κ2) is 7.76. The lowest BCUT2D eigenvalue weighted by Gasteiger charge is -2.44. The average Bonchev–Trinajstić information content (AvgIpc) is 2.74. The smallest absolute Gasteiger partial charge is 0.123 e. The number of pyridine rings is 1. The Morgan fingerprint density at radius 3 is 2.83 bits per heavy atom. The van der Waals surface area contributed by atoms with E-state index in [9.17, 15) is 4.39 Å². The number of hydrogen-bond donors (Lipinski definition) is 3. The summed E-state index contributed by atoms with van der Waals surface area (Å²) in [6.07, 6.45) is 6.96. The number of benzene rings is 1. The Kier molecular flexibility index (Phi) is 5.16. The van der Waals surface area contributed by atoms with Crippen molar-refractivity contribution in [3.05, 3.63) is 89.2 Å². The van der Waals surface area contributed by atoms with Gasteiger partial charge in [0.05, 0.1) is 5.69 Å². The van der Waals surface area contributed by atoms with E-state index in [1.165, 1.54) is 23.9 Å². The number of aromatic nitrogens is 1. The van der Waals surface area contributed by atoms with Crippen molar-refractivity contribution in [1.29, 1.82) is 5.41 Å². The van der Waals surface area contributed by atoms with Crippen LogP contribution in [0.4, 0.5) is 10.1 Å². The van der Waals surface area contributed by atoms with Crippen LogP contribution in [0.3, 0.4) is 0 Å². The molecule has 1 aliphatic carbocycles. The first kappa shape index (κ1) is 19.3. The number of piperidine rings is 1. The molecule has 1 aromatic heterocycles. The zero-order valence-corrected chi connectivity index (χ0v) is 16.6. The Hall–Kier alpha value is -3.05. The first-order valence-electron chi connectivity index (χ1n) is 9.82. The minimum atomic E-state index is -0.292. The van der Waals surface area contributed by atoms with E-state index in [1.54, 1.807) is 12.1 Å². The molecule has 1 unspecified atom stereocenters. The molecule has 4 nitrogen and oxygen atoms in total. The van der Waals surface area contributed by atoms with Gasteiger partial charge in [0.25, 0.3) is 0 Å². The summed E-state index contributed by atoms with van der Waals surface area (Å²) < 4.78 is 13.2. The molecule has 1 atom stereocenters. The van der Waals surface area contributed by atoms with Crippen molar-refractivity contribution >= 4 is 17.5 Å². The van der Waals surface area contributed by atoms with Gasteiger partial charge in [-0.1, -0.05) is 12.2 Å². The maximum atomic E-state index is 13.2. The summed E-state index contributed by atoms with van der Waals surface area (Å²) in [5, 5.41) is 14.9. The van der Waals surface area contributed by atoms with Gasteiger partial charge in [0.2, 0.25) is 0 Å². The van der Waals surface area contributed by atoms with Gasteiger partial charge in [-0.2, -0.15) is 0 Å². The van der Waals surface area contributed by atoms with Gasteiger partial charge >= 0.3 is 0 Å². The van der Waals surface area contributed by atoms with Crippen LogP contribution in [0.5, 0.6) is 0 Å². The molecular formula is C24H25FN4. The topological polar surface area (TPSA) is 60.8 Å². The number of fused-ring (bicyclic) bond motifs is 1. The molecule has 0 radical (unpaired) electrons. The Morgan fingerprint density at radius 2 is 2.10 bits per heavy atom. The number of nitrogens with zero attached hydrogens (tertiary/aromatic N) is 1. The van der Waals surface area contributed by atoms with Crippen LogP contribution in [0.15, 0.2) is 72.1 Å². The summed E-state index contributed by atoms with van der Waals surface area (Å²) in [4.78, 5) is 4.57. The second-order valence-electron chi connectivity index (χ2n) is 7.77. The molecule has 0 amide bonds. The number of aryl methyl sites for hydroxylation is 1. The molecule has 0 saturated carbocycles. The summed E-state index contributed by atoms with van der Waals surface area (Å²) in [5.41, 5.74) is 6.63. The van der Waals surface area contributed by atoms with Crippen molar-refractivity contribution in [3.63, 3.8) is 0 Å². The van der Waals surface area contributed by atoms with Gasteiger partial charge in [-0.05, 0) is 85.5 Å². The van der Waals surface area contributed by atoms with Crippen molar-refractivity contribution < 1.29 is 4.39 Å². The lowest BCUT2D eigenvalue weighted by molar-refractivity contribution is 0.377. The van der Waals surface area contributed by atoms with Crippen LogP contribution in [-0.4, -0.2) is 24.3 Å². The highest BCUT2D eigenvalue weighted by atomic mass is 19.1. The molecule has 1 saturated heterocycles. The summed E-state index contributed by atoms with van der Waals surface area (Å²) >= 11 is 0. The highest BCUT2D eigenvalue weighted by molar-refractivity contribution is 5.84. The SMILES string of the molecule is C=C(c1cc(C)ccn1)C12CNCCC1=CC(Nc1ccc(F)cc1)=C(C=N)C2. The molecule has 0 bridgehead atoms. The predicted octanol–water partition coefficient (Wildman–Crippen LogP) is 4.87. The molecule has 1 fully saturated rings. The van der Waals surface area contributed by atoms with E-state index in [0.29, 0.717) is 6.42 Å². The summed E-state index contributed by atoms with van der Waals surface area (Å²) in [7, 11) is 0. The van der Waals surface area contributed by atoms with Crippen LogP contribution in [0.1, 0.15) is 24.1 Å². The first-order valence-corrected chi connectivity index (χ1v) is 9.82. The molecule has 148 valence electrons. The first-order chi connectivity index (χ1) is 14.0. The van der Waals surface area contributed by atoms with E-state index in [4.69, 9.17) is 5.41 Å². The molecule has 4 rings (SSSR count). The van der Waals surface area contributed by atoms with Crippen molar-refractivity contribution in [2.75, 3.05) is 18.4 Å². The predicted molar refractivity (Wildman–Crippen MR) is 116 cm³/mol. The largest absolute Gasteiger partial charge is 0.355 e. The number of nitrogens with one attached hydrogen (secondary N) is 3. The van der Waals surface area contributed by atoms with Gasteiger partial charge in [-0.15, -0.1) is 0 Å². The third-order valence-electron chi connectivity index (χ3n) is 5.87. The number of halogens is 1. The summed E-state index contributed by atoms with van der Waals surface area (Å²) in [5.74, 6) is -0.266. The van der Waals surface area contributed by atoms with Crippen LogP contribution in [0, 0.1) is 23.6 Å². The average molecular weight is 388 g/mol. The van der Waals surface area contributed by atoms with E-state index in [-0.39, 0.29) is 11.2 Å². The minimum Gasteiger partial charge on any atom is -0.355 e. The highest BCUT2D eigenvalue weighted by Crippen LogP contribution is 2.50. The van der Waals surface area contributed by atoms with Crippen LogP contribution in [0.25, 0.3) is 5.57 Å². The zero-order valence-electron chi connectivity index (χ0n) is 16.6. The molecule has 3 N–H and O–H groups in total. The van der Waals surface area contributed by atoms with E-state index in [1.807, 2.05) is 12.3 Å². The molecule has 0 spiro atoms. The lowest BCUT2D eigenvalue weighted by atomic mass is 9.64. The molecule has 1 aliphatic heterocycles. The molecule has 1 aromatic carbocycles. The monoisotopic (exact) mass is 388 g/mol. The Bertz CT molecular complexity index is 1020. The van der Waals surface area contributed by atoms with Crippen molar-refractivity contribution in [3.8, 4) is 0 Å². The highest BCUT2D eigenvalue weighted by Gasteiger charge is 2.43. The third kappa shape index (κ3) is 3.66. The van der Waals surface area contributed by atoms with Crippen LogP contribution in [-0.2, 0) is 0 Å². The Labute approximate surface area is 170 Å². The lowest BCUT2D eigenvalue weighted by Crippen LogP contribution is -2.44. The van der Waals surface area contributed by atoms with Gasteiger partial charge in [0, 0.05) is 35.8 Å². The molecule has 2 aliphatic rings. The standard InChI is InChI=1S/C24H25FN4/c1-16-7-10-28-22(11-16)17(2)24-13-18(14-26)23(12-19(24)8-9-27-15-24)29-21-5-3-20(25)4-6-21/h3-7,10-12,14,26-27,29H,2,8-9,13,15H2,1H3. The van der Waals surface area contributed by atoms with E-state index in [2.05, 4.69) is 41.3 Å². The van der Waals surface area contributed by atoms with Crippen LogP contribution in [0.2, 0.25) is 0 Å². The summed E-state index contributed by atoms with van der Waals surface area (Å²) in [6.45, 7) is 8.19. The molecule has 5 heteroatoms. The maximum Gasteiger partial charge on any atom is 0.123 e. The van der Waals surface area contributed by atoms with Gasteiger partial charge in [-0.25, -0.2) is 4.39 Å². The molecule has 2 aromatic rings. The number of hydrogen-bond acceptors (Lipinski definition) is 4. The fourth-order valence-electron chi connectivity index (χ4n) is 4.24. The zero-order chi connectivity index (χ0) is 20.4. The quantitative estimate of drug-likeness (QED) is 0.641. The molecular weight excluding hydrogens is 363 g/mol. The normalized spacial score (nSPS) is 21.2. The van der Waals surface area contributed by atoms with Gasteiger partial charge in [-0.3, -0.25) is 4.98 Å². The third-order valence-corrected chi connectivity index (χ3v) is 5.87. The fraction of sp³-hybridized carbons (Fsp3) is 0.250. The van der Waals surface area contributed by atoms with Crippen molar-refractivity contribution in [1.82, 2.24) is 10.3 Å². The van der Waals surface area contributed by atoms with E-state index >= 15 is 0 Å². The Morgan fingerprint density at radius 1 is 1.31 bits per heavy atom. The molecule has 29 heavy (non-hydrogen) atoms. The van der Waals surface area contributed by atoms with Gasteiger partial charge in [0.15, 0.2) is 0 Å². The summed E-state index contributed by atoms with van der Waals surface area (Å²) in [6, 6.07) is 10.3. The number of allylic oxidation sites excluding steroid dienone is 2. The fourth-order valence-corrected chi connectivity index (χ4v) is 4.24. The van der Waals surface area contributed by atoms with Crippen LogP contribution < -0.4 is 10.6 Å². The van der Waals surface area contributed by atoms with Crippen LogP contribution >= 0.6 is 0 Å². The van der Waals surface area contributed by atoms with E-state index < -0.39 is 0 Å². The van der Waals surface area contributed by atoms with Crippen molar-refractivity contribution in [2.24, 2.45) is 5.41 Å².